The first-order valence-corrected chi connectivity index (χ1v) is 6.08. The Bertz CT molecular complexity index is 402. The van der Waals surface area contributed by atoms with E-state index in [2.05, 4.69) is 22.5 Å². The predicted octanol–water partition coefficient (Wildman–Crippen LogP) is 3.82. The van der Waals surface area contributed by atoms with Crippen molar-refractivity contribution in [1.82, 2.24) is 0 Å². The summed E-state index contributed by atoms with van der Waals surface area (Å²) in [4.78, 5) is 11.7. The van der Waals surface area contributed by atoms with Crippen LogP contribution >= 0.6 is 27.7 Å². The molecule has 0 unspecified atom stereocenters. The third kappa shape index (κ3) is 3.72. The van der Waals surface area contributed by atoms with Gasteiger partial charge >= 0.3 is 5.97 Å². The number of carboxylic acid groups (broad SMARTS) is 1. The molecule has 0 aromatic heterocycles. The molecule has 0 aliphatic rings. The van der Waals surface area contributed by atoms with Gasteiger partial charge in [0.05, 0.1) is 5.56 Å². The Morgan fingerprint density at radius 3 is 2.80 bits per heavy atom. The summed E-state index contributed by atoms with van der Waals surface area (Å²) in [5, 5.41) is 8.97. The van der Waals surface area contributed by atoms with Crippen molar-refractivity contribution in [2.24, 2.45) is 0 Å². The summed E-state index contributed by atoms with van der Waals surface area (Å²) in [5.74, 6) is -0.164. The number of carboxylic acids is 1. The van der Waals surface area contributed by atoms with Crippen LogP contribution in [0.25, 0.3) is 0 Å². The Morgan fingerprint density at radius 2 is 2.27 bits per heavy atom. The molecule has 0 spiro atoms. The Balaban J connectivity index is 2.96. The van der Waals surface area contributed by atoms with Crippen LogP contribution in [0.3, 0.4) is 0 Å². The van der Waals surface area contributed by atoms with Crippen LogP contribution in [0.2, 0.25) is 0 Å². The van der Waals surface area contributed by atoms with Crippen LogP contribution in [0.15, 0.2) is 39.7 Å². The quantitative estimate of drug-likeness (QED) is 0.675. The van der Waals surface area contributed by atoms with E-state index >= 15 is 0 Å². The average molecular weight is 287 g/mol. The van der Waals surface area contributed by atoms with Crippen molar-refractivity contribution < 1.29 is 9.90 Å². The molecule has 15 heavy (non-hydrogen) atoms. The van der Waals surface area contributed by atoms with Gasteiger partial charge in [0.2, 0.25) is 0 Å². The number of rotatable bonds is 4. The largest absolute Gasteiger partial charge is 0.478 e. The number of halogens is 1. The highest BCUT2D eigenvalue weighted by Crippen LogP contribution is 2.27. The van der Waals surface area contributed by atoms with Crippen LogP contribution < -0.4 is 0 Å². The monoisotopic (exact) mass is 286 g/mol. The fraction of sp³-hybridized carbons (Fsp3) is 0.182. The lowest BCUT2D eigenvalue weighted by molar-refractivity contribution is 0.0693. The normalized spacial score (nSPS) is 10.0. The van der Waals surface area contributed by atoms with Gasteiger partial charge in [-0.05, 0) is 25.1 Å². The van der Waals surface area contributed by atoms with Gasteiger partial charge in [0.1, 0.15) is 0 Å². The summed E-state index contributed by atoms with van der Waals surface area (Å²) in [7, 11) is 0. The van der Waals surface area contributed by atoms with E-state index in [1.807, 2.05) is 13.0 Å². The molecule has 0 bridgehead atoms. The zero-order chi connectivity index (χ0) is 11.4. The minimum Gasteiger partial charge on any atom is -0.478 e. The van der Waals surface area contributed by atoms with Crippen LogP contribution in [0.4, 0.5) is 0 Å². The molecule has 0 atom stereocenters. The number of carbonyl (C=O) groups is 1. The van der Waals surface area contributed by atoms with E-state index in [1.54, 1.807) is 12.1 Å². The molecule has 0 saturated carbocycles. The van der Waals surface area contributed by atoms with Gasteiger partial charge in [-0.1, -0.05) is 28.1 Å². The van der Waals surface area contributed by atoms with Crippen molar-refractivity contribution in [3.63, 3.8) is 0 Å². The first kappa shape index (κ1) is 12.3. The van der Waals surface area contributed by atoms with E-state index in [1.165, 1.54) is 11.8 Å². The Kier molecular flexibility index (Phi) is 4.42. The second kappa shape index (κ2) is 5.37. The number of hydrogen-bond acceptors (Lipinski definition) is 2. The maximum Gasteiger partial charge on any atom is 0.336 e. The zero-order valence-corrected chi connectivity index (χ0v) is 10.7. The van der Waals surface area contributed by atoms with Gasteiger partial charge in [0.25, 0.3) is 0 Å². The molecule has 1 N–H and O–H groups in total. The van der Waals surface area contributed by atoms with Crippen molar-refractivity contribution >= 4 is 33.7 Å². The highest BCUT2D eigenvalue weighted by atomic mass is 79.9. The van der Waals surface area contributed by atoms with Crippen molar-refractivity contribution in [2.75, 3.05) is 5.75 Å². The molecule has 80 valence electrons. The highest BCUT2D eigenvalue weighted by Gasteiger charge is 2.10. The molecule has 0 aliphatic carbocycles. The van der Waals surface area contributed by atoms with E-state index in [-0.39, 0.29) is 0 Å². The molecule has 0 heterocycles. The lowest BCUT2D eigenvalue weighted by atomic mass is 10.2. The van der Waals surface area contributed by atoms with Gasteiger partial charge in [0, 0.05) is 15.1 Å². The van der Waals surface area contributed by atoms with Crippen LogP contribution in [-0.2, 0) is 0 Å². The summed E-state index contributed by atoms with van der Waals surface area (Å²) in [5.41, 5.74) is 1.36. The summed E-state index contributed by atoms with van der Waals surface area (Å²) >= 11 is 4.81. The Labute approximate surface area is 102 Å². The summed E-state index contributed by atoms with van der Waals surface area (Å²) < 4.78 is 0.886. The maximum atomic E-state index is 10.9. The van der Waals surface area contributed by atoms with E-state index < -0.39 is 5.97 Å². The molecule has 2 nitrogen and oxygen atoms in total. The molecule has 0 fully saturated rings. The molecule has 0 aliphatic heterocycles. The third-order valence-corrected chi connectivity index (χ3v) is 3.43. The van der Waals surface area contributed by atoms with Crippen molar-refractivity contribution in [3.8, 4) is 0 Å². The van der Waals surface area contributed by atoms with E-state index in [9.17, 15) is 4.79 Å². The van der Waals surface area contributed by atoms with Crippen LogP contribution in [0, 0.1) is 0 Å². The molecular formula is C11H11BrO2S. The van der Waals surface area contributed by atoms with E-state index in [4.69, 9.17) is 5.11 Å². The topological polar surface area (TPSA) is 37.3 Å². The van der Waals surface area contributed by atoms with Crippen LogP contribution in [-0.4, -0.2) is 16.8 Å². The molecule has 1 aromatic carbocycles. The van der Waals surface area contributed by atoms with Gasteiger partial charge < -0.3 is 5.11 Å². The van der Waals surface area contributed by atoms with Crippen LogP contribution in [0.5, 0.6) is 0 Å². The van der Waals surface area contributed by atoms with Crippen molar-refractivity contribution in [3.05, 3.63) is 40.4 Å². The average Bonchev–Trinajstić information content (AvgIpc) is 2.14. The number of hydrogen-bond donors (Lipinski definition) is 1. The minimum absolute atomic E-state index is 0.337. The summed E-state index contributed by atoms with van der Waals surface area (Å²) in [6, 6.07) is 5.15. The number of thioether (sulfide) groups is 1. The number of aromatic carboxylic acids is 1. The Morgan fingerprint density at radius 1 is 1.60 bits per heavy atom. The third-order valence-electron chi connectivity index (χ3n) is 1.65. The van der Waals surface area contributed by atoms with Gasteiger partial charge in [0.15, 0.2) is 0 Å². The van der Waals surface area contributed by atoms with Gasteiger partial charge in [-0.3, -0.25) is 0 Å². The molecule has 1 rings (SSSR count). The fourth-order valence-corrected chi connectivity index (χ4v) is 2.43. The molecule has 1 aromatic rings. The molecule has 0 saturated heterocycles. The SMILES string of the molecule is C=C(C)CSc1cc(Br)ccc1C(=O)O. The smallest absolute Gasteiger partial charge is 0.336 e. The lowest BCUT2D eigenvalue weighted by Gasteiger charge is -2.06. The van der Waals surface area contributed by atoms with Gasteiger partial charge in [-0.25, -0.2) is 4.79 Å². The van der Waals surface area contributed by atoms with E-state index in [0.717, 1.165) is 20.7 Å². The van der Waals surface area contributed by atoms with Crippen molar-refractivity contribution in [2.45, 2.75) is 11.8 Å². The highest BCUT2D eigenvalue weighted by molar-refractivity contribution is 9.10. The van der Waals surface area contributed by atoms with Crippen molar-refractivity contribution in [1.29, 1.82) is 0 Å². The summed E-state index contributed by atoms with van der Waals surface area (Å²) in [6.07, 6.45) is 0. The first-order chi connectivity index (χ1) is 7.00. The van der Waals surface area contributed by atoms with Crippen LogP contribution in [0.1, 0.15) is 17.3 Å². The molecule has 0 radical (unpaired) electrons. The predicted molar refractivity (Wildman–Crippen MR) is 66.6 cm³/mol. The van der Waals surface area contributed by atoms with Gasteiger partial charge in [-0.2, -0.15) is 0 Å². The lowest BCUT2D eigenvalue weighted by Crippen LogP contribution is -1.99. The molecule has 4 heteroatoms. The standard InChI is InChI=1S/C11H11BrO2S/c1-7(2)6-15-10-5-8(12)3-4-9(10)11(13)14/h3-5H,1,6H2,2H3,(H,13,14). The second-order valence-electron chi connectivity index (χ2n) is 3.19. The second-order valence-corrected chi connectivity index (χ2v) is 5.12. The van der Waals surface area contributed by atoms with E-state index in [0.29, 0.717) is 5.56 Å². The molecular weight excluding hydrogens is 276 g/mol. The first-order valence-electron chi connectivity index (χ1n) is 4.30. The zero-order valence-electron chi connectivity index (χ0n) is 8.29. The minimum atomic E-state index is -0.897. The maximum absolute atomic E-state index is 10.9. The summed E-state index contributed by atoms with van der Waals surface area (Å²) in [6.45, 7) is 5.71. The van der Waals surface area contributed by atoms with Gasteiger partial charge in [-0.15, -0.1) is 11.8 Å². The Hall–Kier alpha value is -0.740. The molecule has 0 amide bonds. The fourth-order valence-electron chi connectivity index (χ4n) is 0.993. The number of benzene rings is 1.